The number of nitrogens with zero attached hydrogens (tertiary/aromatic N) is 4. The van der Waals surface area contributed by atoms with Crippen molar-refractivity contribution in [2.24, 2.45) is 0 Å². The van der Waals surface area contributed by atoms with Crippen molar-refractivity contribution in [1.29, 1.82) is 0 Å². The van der Waals surface area contributed by atoms with Gasteiger partial charge in [-0.3, -0.25) is 19.5 Å². The Balaban J connectivity index is 1.34. The molecular weight excluding hydrogens is 526 g/mol. The summed E-state index contributed by atoms with van der Waals surface area (Å²) < 4.78 is 5.62. The van der Waals surface area contributed by atoms with Gasteiger partial charge in [-0.1, -0.05) is 12.1 Å². The average Bonchev–Trinajstić information content (AvgIpc) is 3.32. The smallest absolute Gasteiger partial charge is 0.317 e. The number of carbonyl (C=O) groups excluding carboxylic acids is 1. The molecule has 0 aliphatic carbocycles. The van der Waals surface area contributed by atoms with Gasteiger partial charge < -0.3 is 25.0 Å². The number of ether oxygens (including phenoxy) is 1. The highest BCUT2D eigenvalue weighted by Crippen LogP contribution is 2.50. The SMILES string of the molecule is CC1(C)CC(=O)c2sc(N3CCOCC3)c(-c3ccnc(-c4cccc(N5CCN(CC(=O)O)CC5)c4)c3)c2N1. The molecule has 0 spiro atoms. The number of hydrogen-bond donors (Lipinski definition) is 2. The lowest BCUT2D eigenvalue weighted by Crippen LogP contribution is -2.47. The van der Waals surface area contributed by atoms with Crippen LogP contribution in [0.4, 0.5) is 16.4 Å². The number of pyridine rings is 1. The highest BCUT2D eigenvalue weighted by Gasteiger charge is 2.36. The number of carbonyl (C=O) groups is 2. The largest absolute Gasteiger partial charge is 0.480 e. The maximum absolute atomic E-state index is 13.2. The van der Waals surface area contributed by atoms with Gasteiger partial charge in [-0.15, -0.1) is 11.3 Å². The van der Waals surface area contributed by atoms with E-state index in [4.69, 9.17) is 14.8 Å². The summed E-state index contributed by atoms with van der Waals surface area (Å²) in [5, 5.41) is 13.9. The van der Waals surface area contributed by atoms with Gasteiger partial charge in [-0.25, -0.2) is 0 Å². The van der Waals surface area contributed by atoms with E-state index in [2.05, 4.69) is 59.3 Å². The number of thiophene rings is 1. The van der Waals surface area contributed by atoms with Crippen LogP contribution in [0, 0.1) is 0 Å². The minimum Gasteiger partial charge on any atom is -0.480 e. The van der Waals surface area contributed by atoms with Crippen LogP contribution in [0.1, 0.15) is 29.9 Å². The van der Waals surface area contributed by atoms with Crippen molar-refractivity contribution in [2.45, 2.75) is 25.8 Å². The summed E-state index contributed by atoms with van der Waals surface area (Å²) in [7, 11) is 0. The van der Waals surface area contributed by atoms with Crippen LogP contribution in [0.5, 0.6) is 0 Å². The number of fused-ring (bicyclic) bond motifs is 1. The predicted octanol–water partition coefficient (Wildman–Crippen LogP) is 4.30. The van der Waals surface area contributed by atoms with Crippen LogP contribution in [0.15, 0.2) is 42.6 Å². The molecule has 3 aliphatic rings. The summed E-state index contributed by atoms with van der Waals surface area (Å²) in [6.07, 6.45) is 2.33. The Hall–Kier alpha value is -3.47. The number of anilines is 3. The first-order chi connectivity index (χ1) is 19.3. The van der Waals surface area contributed by atoms with Crippen molar-refractivity contribution in [1.82, 2.24) is 9.88 Å². The maximum atomic E-state index is 13.2. The maximum Gasteiger partial charge on any atom is 0.317 e. The van der Waals surface area contributed by atoms with Crippen LogP contribution in [-0.2, 0) is 9.53 Å². The molecular formula is C30H35N5O4S. The second kappa shape index (κ2) is 10.8. The molecule has 2 N–H and O–H groups in total. The third-order valence-corrected chi connectivity index (χ3v) is 9.09. The van der Waals surface area contributed by atoms with Crippen LogP contribution >= 0.6 is 11.3 Å². The van der Waals surface area contributed by atoms with Gasteiger partial charge in [0.15, 0.2) is 5.78 Å². The summed E-state index contributed by atoms with van der Waals surface area (Å²) in [6, 6.07) is 12.6. The van der Waals surface area contributed by atoms with Crippen LogP contribution in [0.2, 0.25) is 0 Å². The molecule has 3 aromatic rings. The lowest BCUT2D eigenvalue weighted by molar-refractivity contribution is -0.138. The van der Waals surface area contributed by atoms with E-state index in [1.165, 1.54) is 0 Å². The van der Waals surface area contributed by atoms with Gasteiger partial charge in [-0.2, -0.15) is 0 Å². The minimum absolute atomic E-state index is 0.0843. The average molecular weight is 562 g/mol. The molecule has 0 atom stereocenters. The van der Waals surface area contributed by atoms with E-state index < -0.39 is 5.97 Å². The van der Waals surface area contributed by atoms with Crippen molar-refractivity contribution in [3.8, 4) is 22.4 Å². The van der Waals surface area contributed by atoms with E-state index in [0.29, 0.717) is 19.6 Å². The predicted molar refractivity (Wildman–Crippen MR) is 159 cm³/mol. The number of nitrogens with one attached hydrogen (secondary N) is 1. The molecule has 3 aliphatic heterocycles. The third kappa shape index (κ3) is 5.43. The fourth-order valence-corrected chi connectivity index (χ4v) is 7.09. The molecule has 40 heavy (non-hydrogen) atoms. The Kier molecular flexibility index (Phi) is 7.24. The summed E-state index contributed by atoms with van der Waals surface area (Å²) in [6.45, 7) is 10.2. The van der Waals surface area contributed by atoms with Crippen molar-refractivity contribution in [2.75, 3.05) is 74.1 Å². The zero-order chi connectivity index (χ0) is 27.9. The quantitative estimate of drug-likeness (QED) is 0.457. The fourth-order valence-electron chi connectivity index (χ4n) is 5.82. The first kappa shape index (κ1) is 26.7. The molecule has 2 aromatic heterocycles. The molecule has 9 nitrogen and oxygen atoms in total. The highest BCUT2D eigenvalue weighted by atomic mass is 32.1. The number of morpholine rings is 1. The monoisotopic (exact) mass is 561 g/mol. The van der Waals surface area contributed by atoms with E-state index in [0.717, 1.165) is 82.9 Å². The number of piperazine rings is 1. The third-order valence-electron chi connectivity index (χ3n) is 7.79. The lowest BCUT2D eigenvalue weighted by Gasteiger charge is -2.35. The van der Waals surface area contributed by atoms with Gasteiger partial charge in [0.25, 0.3) is 0 Å². The number of rotatable bonds is 6. The van der Waals surface area contributed by atoms with E-state index >= 15 is 0 Å². The standard InChI is InChI=1S/C30H35N5O4S/c1-30(2)18-24(36)28-27(32-30)26(29(40-28)35-12-14-39-15-13-35)21-6-7-31-23(17-21)20-4-3-5-22(16-20)34-10-8-33(9-11-34)19-25(37)38/h3-7,16-17,32H,8-15,18-19H2,1-2H3,(H,37,38). The van der Waals surface area contributed by atoms with Gasteiger partial charge >= 0.3 is 5.97 Å². The number of benzene rings is 1. The second-order valence-electron chi connectivity index (χ2n) is 11.3. The summed E-state index contributed by atoms with van der Waals surface area (Å²) >= 11 is 1.59. The molecule has 0 saturated carbocycles. The van der Waals surface area contributed by atoms with Crippen molar-refractivity contribution >= 4 is 39.5 Å². The molecule has 0 radical (unpaired) electrons. The Morgan fingerprint density at radius 1 is 1.05 bits per heavy atom. The molecule has 1 aromatic carbocycles. The number of carboxylic acids is 1. The van der Waals surface area contributed by atoms with E-state index in [1.807, 2.05) is 17.2 Å². The number of ketones is 1. The van der Waals surface area contributed by atoms with Crippen LogP contribution in [-0.4, -0.2) is 91.3 Å². The van der Waals surface area contributed by atoms with Gasteiger partial charge in [0.2, 0.25) is 0 Å². The first-order valence-corrected chi connectivity index (χ1v) is 14.7. The number of hydrogen-bond acceptors (Lipinski definition) is 9. The van der Waals surface area contributed by atoms with E-state index in [-0.39, 0.29) is 17.9 Å². The number of aromatic nitrogens is 1. The topological polar surface area (TPSA) is 98.2 Å². The number of carboxylic acid groups (broad SMARTS) is 1. The molecule has 2 saturated heterocycles. The van der Waals surface area contributed by atoms with Gasteiger partial charge in [-0.05, 0) is 43.7 Å². The van der Waals surface area contributed by atoms with Gasteiger partial charge in [0.1, 0.15) is 5.00 Å². The van der Waals surface area contributed by atoms with Crippen LogP contribution in [0.3, 0.4) is 0 Å². The van der Waals surface area contributed by atoms with E-state index in [9.17, 15) is 9.59 Å². The zero-order valence-corrected chi connectivity index (χ0v) is 23.8. The van der Waals surface area contributed by atoms with Gasteiger partial charge in [0, 0.05) is 74.2 Å². The number of aliphatic carboxylic acids is 1. The molecule has 10 heteroatoms. The summed E-state index contributed by atoms with van der Waals surface area (Å²) in [5.74, 6) is -0.594. The number of Topliss-reactive ketones (excluding diaryl/α,β-unsaturated/α-hetero) is 1. The molecule has 5 heterocycles. The fraction of sp³-hybridized carbons (Fsp3) is 0.433. The Bertz CT molecular complexity index is 1420. The summed E-state index contributed by atoms with van der Waals surface area (Å²) in [4.78, 5) is 36.4. The highest BCUT2D eigenvalue weighted by molar-refractivity contribution is 7.19. The Morgan fingerprint density at radius 3 is 2.58 bits per heavy atom. The molecule has 0 unspecified atom stereocenters. The zero-order valence-electron chi connectivity index (χ0n) is 23.0. The molecule has 0 amide bonds. The van der Waals surface area contributed by atoms with Crippen molar-refractivity contribution in [3.05, 3.63) is 47.5 Å². The lowest BCUT2D eigenvalue weighted by atomic mass is 9.90. The van der Waals surface area contributed by atoms with Crippen LogP contribution in [0.25, 0.3) is 22.4 Å². The Labute approximate surface area is 238 Å². The Morgan fingerprint density at radius 2 is 1.82 bits per heavy atom. The minimum atomic E-state index is -0.784. The van der Waals surface area contributed by atoms with Crippen molar-refractivity contribution in [3.63, 3.8) is 0 Å². The van der Waals surface area contributed by atoms with Crippen molar-refractivity contribution < 1.29 is 19.4 Å². The van der Waals surface area contributed by atoms with Crippen LogP contribution < -0.4 is 15.1 Å². The first-order valence-electron chi connectivity index (χ1n) is 13.8. The molecule has 2 fully saturated rings. The second-order valence-corrected chi connectivity index (χ2v) is 12.3. The molecule has 210 valence electrons. The van der Waals surface area contributed by atoms with E-state index in [1.54, 1.807) is 11.3 Å². The molecule has 6 rings (SSSR count). The normalized spacial score (nSPS) is 19.3. The molecule has 0 bridgehead atoms. The summed E-state index contributed by atoms with van der Waals surface area (Å²) in [5.41, 5.74) is 5.72. The van der Waals surface area contributed by atoms with Gasteiger partial charge in [0.05, 0.1) is 36.0 Å².